The lowest BCUT2D eigenvalue weighted by Crippen LogP contribution is -1.95. The monoisotopic (exact) mass is 160 g/mol. The predicted molar refractivity (Wildman–Crippen MR) is 49.5 cm³/mol. The number of nitrogens with two attached hydrogens (primary N) is 1. The third-order valence-electron chi connectivity index (χ3n) is 1.37. The molecule has 62 valence electrons. The Morgan fingerprint density at radius 3 is 3.00 bits per heavy atom. The van der Waals surface area contributed by atoms with Crippen LogP contribution in [0.1, 0.15) is 17.8 Å². The first-order valence-corrected chi connectivity index (χ1v) is 3.95. The van der Waals surface area contributed by atoms with E-state index in [1.807, 2.05) is 25.1 Å². The second-order valence-corrected chi connectivity index (χ2v) is 2.50. The Balaban J connectivity index is 2.71. The molecule has 2 nitrogen and oxygen atoms in total. The SMILES string of the molecule is Cc1cccc(C#CCCN)n1. The fraction of sp³-hybridized carbons (Fsp3) is 0.300. The normalized spacial score (nSPS) is 8.83. The minimum absolute atomic E-state index is 0.610. The van der Waals surface area contributed by atoms with Crippen molar-refractivity contribution in [3.8, 4) is 11.8 Å². The largest absolute Gasteiger partial charge is 0.330 e. The Kier molecular flexibility index (Phi) is 3.31. The van der Waals surface area contributed by atoms with E-state index in [1.165, 1.54) is 0 Å². The smallest absolute Gasteiger partial charge is 0.113 e. The lowest BCUT2D eigenvalue weighted by molar-refractivity contribution is 1.03. The highest BCUT2D eigenvalue weighted by molar-refractivity contribution is 5.28. The summed E-state index contributed by atoms with van der Waals surface area (Å²) in [4.78, 5) is 4.23. The molecular weight excluding hydrogens is 148 g/mol. The van der Waals surface area contributed by atoms with Gasteiger partial charge in [0.1, 0.15) is 5.69 Å². The summed E-state index contributed by atoms with van der Waals surface area (Å²) in [6, 6.07) is 5.80. The highest BCUT2D eigenvalue weighted by Gasteiger charge is 1.86. The maximum atomic E-state index is 5.30. The first kappa shape index (κ1) is 8.76. The zero-order valence-electron chi connectivity index (χ0n) is 7.17. The minimum Gasteiger partial charge on any atom is -0.330 e. The molecule has 0 amide bonds. The van der Waals surface area contributed by atoms with Crippen molar-refractivity contribution in [1.29, 1.82) is 0 Å². The van der Waals surface area contributed by atoms with Gasteiger partial charge in [-0.25, -0.2) is 4.98 Å². The first-order valence-electron chi connectivity index (χ1n) is 3.95. The van der Waals surface area contributed by atoms with E-state index in [1.54, 1.807) is 0 Å². The summed E-state index contributed by atoms with van der Waals surface area (Å²) in [6.07, 6.45) is 0.732. The minimum atomic E-state index is 0.610. The van der Waals surface area contributed by atoms with Gasteiger partial charge in [0.05, 0.1) is 0 Å². The number of nitrogens with zero attached hydrogens (tertiary/aromatic N) is 1. The molecule has 0 unspecified atom stereocenters. The van der Waals surface area contributed by atoms with E-state index in [2.05, 4.69) is 16.8 Å². The van der Waals surface area contributed by atoms with Crippen molar-refractivity contribution in [2.24, 2.45) is 5.73 Å². The molecule has 0 aliphatic heterocycles. The number of aryl methyl sites for hydroxylation is 1. The van der Waals surface area contributed by atoms with Crippen LogP contribution in [0.15, 0.2) is 18.2 Å². The van der Waals surface area contributed by atoms with E-state index >= 15 is 0 Å². The second kappa shape index (κ2) is 4.53. The van der Waals surface area contributed by atoms with Crippen LogP contribution in [0.5, 0.6) is 0 Å². The molecular formula is C10H12N2. The van der Waals surface area contributed by atoms with Crippen molar-refractivity contribution >= 4 is 0 Å². The average molecular weight is 160 g/mol. The van der Waals surface area contributed by atoms with E-state index in [-0.39, 0.29) is 0 Å². The maximum absolute atomic E-state index is 5.30. The molecule has 0 aliphatic carbocycles. The van der Waals surface area contributed by atoms with Crippen LogP contribution in [0.3, 0.4) is 0 Å². The summed E-state index contributed by atoms with van der Waals surface area (Å²) < 4.78 is 0. The zero-order chi connectivity index (χ0) is 8.81. The fourth-order valence-electron chi connectivity index (χ4n) is 0.838. The van der Waals surface area contributed by atoms with Crippen LogP contribution < -0.4 is 5.73 Å². The van der Waals surface area contributed by atoms with Crippen LogP contribution in [0.4, 0.5) is 0 Å². The van der Waals surface area contributed by atoms with Crippen molar-refractivity contribution in [3.05, 3.63) is 29.6 Å². The molecule has 0 radical (unpaired) electrons. The van der Waals surface area contributed by atoms with Crippen molar-refractivity contribution in [3.63, 3.8) is 0 Å². The van der Waals surface area contributed by atoms with Crippen LogP contribution in [-0.2, 0) is 0 Å². The zero-order valence-corrected chi connectivity index (χ0v) is 7.17. The fourth-order valence-corrected chi connectivity index (χ4v) is 0.838. The summed E-state index contributed by atoms with van der Waals surface area (Å²) in [5.41, 5.74) is 7.12. The molecule has 0 aliphatic rings. The second-order valence-electron chi connectivity index (χ2n) is 2.50. The lowest BCUT2D eigenvalue weighted by atomic mass is 10.3. The van der Waals surface area contributed by atoms with Crippen molar-refractivity contribution in [2.75, 3.05) is 6.54 Å². The molecule has 2 N–H and O–H groups in total. The molecule has 0 saturated heterocycles. The van der Waals surface area contributed by atoms with Crippen molar-refractivity contribution in [2.45, 2.75) is 13.3 Å². The Morgan fingerprint density at radius 1 is 1.50 bits per heavy atom. The maximum Gasteiger partial charge on any atom is 0.113 e. The van der Waals surface area contributed by atoms with Crippen molar-refractivity contribution in [1.82, 2.24) is 4.98 Å². The molecule has 2 heteroatoms. The molecule has 0 spiro atoms. The van der Waals surface area contributed by atoms with Crippen LogP contribution in [0.25, 0.3) is 0 Å². The number of hydrogen-bond donors (Lipinski definition) is 1. The van der Waals surface area contributed by atoms with E-state index in [4.69, 9.17) is 5.73 Å². The van der Waals surface area contributed by atoms with Gasteiger partial charge in [-0.15, -0.1) is 0 Å². The highest BCUT2D eigenvalue weighted by atomic mass is 14.7. The summed E-state index contributed by atoms with van der Waals surface area (Å²) in [5.74, 6) is 5.89. The lowest BCUT2D eigenvalue weighted by Gasteiger charge is -1.90. The summed E-state index contributed by atoms with van der Waals surface area (Å²) in [6.45, 7) is 2.56. The molecule has 0 saturated carbocycles. The quantitative estimate of drug-likeness (QED) is 0.624. The van der Waals surface area contributed by atoms with Crippen LogP contribution in [-0.4, -0.2) is 11.5 Å². The van der Waals surface area contributed by atoms with Gasteiger partial charge in [0.15, 0.2) is 0 Å². The van der Waals surface area contributed by atoms with Gasteiger partial charge in [0.25, 0.3) is 0 Å². The van der Waals surface area contributed by atoms with Crippen LogP contribution in [0.2, 0.25) is 0 Å². The molecule has 1 aromatic rings. The number of hydrogen-bond acceptors (Lipinski definition) is 2. The first-order chi connectivity index (χ1) is 5.83. The summed E-state index contributed by atoms with van der Waals surface area (Å²) in [7, 11) is 0. The van der Waals surface area contributed by atoms with Gasteiger partial charge < -0.3 is 5.73 Å². The van der Waals surface area contributed by atoms with Gasteiger partial charge in [0.2, 0.25) is 0 Å². The van der Waals surface area contributed by atoms with Gasteiger partial charge in [-0.2, -0.15) is 0 Å². The summed E-state index contributed by atoms with van der Waals surface area (Å²) >= 11 is 0. The molecule has 1 heterocycles. The molecule has 12 heavy (non-hydrogen) atoms. The summed E-state index contributed by atoms with van der Waals surface area (Å²) in [5, 5.41) is 0. The molecule has 1 aromatic heterocycles. The molecule has 0 atom stereocenters. The van der Waals surface area contributed by atoms with E-state index in [9.17, 15) is 0 Å². The average Bonchev–Trinajstić information content (AvgIpc) is 2.05. The number of aromatic nitrogens is 1. The Labute approximate surface area is 72.8 Å². The Hall–Kier alpha value is -1.33. The topological polar surface area (TPSA) is 38.9 Å². The highest BCUT2D eigenvalue weighted by Crippen LogP contribution is 1.95. The predicted octanol–water partition coefficient (Wildman–Crippen LogP) is 1.09. The Bertz CT molecular complexity index is 307. The van der Waals surface area contributed by atoms with Crippen LogP contribution in [0, 0.1) is 18.8 Å². The Morgan fingerprint density at radius 2 is 2.33 bits per heavy atom. The molecule has 0 fully saturated rings. The van der Waals surface area contributed by atoms with Gasteiger partial charge in [-0.3, -0.25) is 0 Å². The van der Waals surface area contributed by atoms with E-state index < -0.39 is 0 Å². The molecule has 0 aromatic carbocycles. The third kappa shape index (κ3) is 2.73. The number of rotatable bonds is 1. The van der Waals surface area contributed by atoms with Crippen molar-refractivity contribution < 1.29 is 0 Å². The van der Waals surface area contributed by atoms with Gasteiger partial charge in [-0.05, 0) is 25.0 Å². The van der Waals surface area contributed by atoms with E-state index in [0.717, 1.165) is 17.8 Å². The van der Waals surface area contributed by atoms with Gasteiger partial charge >= 0.3 is 0 Å². The molecule has 0 bridgehead atoms. The molecule has 1 rings (SSSR count). The van der Waals surface area contributed by atoms with E-state index in [0.29, 0.717) is 6.54 Å². The van der Waals surface area contributed by atoms with Crippen LogP contribution >= 0.6 is 0 Å². The third-order valence-corrected chi connectivity index (χ3v) is 1.37. The number of pyridine rings is 1. The van der Waals surface area contributed by atoms with Gasteiger partial charge in [0, 0.05) is 18.7 Å². The standard InChI is InChI=1S/C10H12N2/c1-9-5-4-7-10(12-9)6-2-3-8-11/h4-5,7H,3,8,11H2,1H3. The van der Waals surface area contributed by atoms with Gasteiger partial charge in [-0.1, -0.05) is 12.0 Å².